The van der Waals surface area contributed by atoms with Gasteiger partial charge in [-0.25, -0.2) is 0 Å². The summed E-state index contributed by atoms with van der Waals surface area (Å²) in [5.41, 5.74) is 2.81. The summed E-state index contributed by atoms with van der Waals surface area (Å²) >= 11 is 3.51. The lowest BCUT2D eigenvalue weighted by atomic mass is 9.91. The third-order valence-corrected chi connectivity index (χ3v) is 3.12. The van der Waals surface area contributed by atoms with Gasteiger partial charge in [-0.3, -0.25) is 0 Å². The van der Waals surface area contributed by atoms with Gasteiger partial charge in [0.1, 0.15) is 0 Å². The molecule has 0 aliphatic carbocycles. The maximum absolute atomic E-state index is 5.22. The highest BCUT2D eigenvalue weighted by atomic mass is 79.9. The summed E-state index contributed by atoms with van der Waals surface area (Å²) < 4.78 is 6.37. The molecule has 1 N–H and O–H groups in total. The molecule has 0 saturated carbocycles. The molecule has 0 fully saturated rings. The zero-order valence-corrected chi connectivity index (χ0v) is 9.80. The Bertz CT molecular complexity index is 327. The molecule has 1 aromatic carbocycles. The van der Waals surface area contributed by atoms with E-state index in [0.717, 1.165) is 24.2 Å². The number of halogens is 1. The van der Waals surface area contributed by atoms with Crippen molar-refractivity contribution in [2.45, 2.75) is 12.5 Å². The fraction of sp³-hybridized carbons (Fsp3) is 0.455. The second-order valence-corrected chi connectivity index (χ2v) is 4.54. The summed E-state index contributed by atoms with van der Waals surface area (Å²) in [7, 11) is 1.76. The van der Waals surface area contributed by atoms with Gasteiger partial charge in [0.2, 0.25) is 0 Å². The molecular weight excluding hydrogens is 242 g/mol. The normalized spacial score (nSPS) is 20.6. The Kier molecular flexibility index (Phi) is 3.21. The highest BCUT2D eigenvalue weighted by molar-refractivity contribution is 9.10. The Morgan fingerprint density at radius 2 is 2.43 bits per heavy atom. The Morgan fingerprint density at radius 3 is 3.21 bits per heavy atom. The van der Waals surface area contributed by atoms with Crippen LogP contribution in [0.2, 0.25) is 0 Å². The van der Waals surface area contributed by atoms with E-state index in [-0.39, 0.29) is 0 Å². The number of nitrogens with one attached hydrogen (secondary N) is 1. The molecule has 0 amide bonds. The molecule has 1 unspecified atom stereocenters. The molecule has 0 aromatic heterocycles. The molecule has 14 heavy (non-hydrogen) atoms. The molecule has 76 valence electrons. The molecule has 1 aliphatic heterocycles. The van der Waals surface area contributed by atoms with Gasteiger partial charge in [-0.15, -0.1) is 0 Å². The summed E-state index contributed by atoms with van der Waals surface area (Å²) in [6.45, 7) is 2.77. The zero-order chi connectivity index (χ0) is 9.97. The van der Waals surface area contributed by atoms with E-state index in [1.165, 1.54) is 11.1 Å². The van der Waals surface area contributed by atoms with E-state index in [9.17, 15) is 0 Å². The lowest BCUT2D eigenvalue weighted by Gasteiger charge is -2.26. The first-order chi connectivity index (χ1) is 6.81. The average molecular weight is 256 g/mol. The van der Waals surface area contributed by atoms with Crippen molar-refractivity contribution < 1.29 is 4.74 Å². The number of rotatable bonds is 2. The van der Waals surface area contributed by atoms with Crippen molar-refractivity contribution in [1.82, 2.24) is 5.32 Å². The van der Waals surface area contributed by atoms with Gasteiger partial charge in [0.15, 0.2) is 0 Å². The van der Waals surface area contributed by atoms with Crippen LogP contribution < -0.4 is 5.32 Å². The van der Waals surface area contributed by atoms with E-state index in [0.29, 0.717) is 5.92 Å². The second-order valence-electron chi connectivity index (χ2n) is 3.63. The van der Waals surface area contributed by atoms with E-state index < -0.39 is 0 Å². The number of benzene rings is 1. The SMILES string of the molecule is COCC1CNCc2ccc(Br)cc21. The van der Waals surface area contributed by atoms with E-state index in [2.05, 4.69) is 39.4 Å². The Labute approximate surface area is 92.8 Å². The van der Waals surface area contributed by atoms with Crippen LogP contribution in [0.15, 0.2) is 22.7 Å². The first kappa shape index (κ1) is 10.1. The lowest BCUT2D eigenvalue weighted by molar-refractivity contribution is 0.175. The first-order valence-electron chi connectivity index (χ1n) is 4.79. The van der Waals surface area contributed by atoms with E-state index in [1.807, 2.05) is 0 Å². The highest BCUT2D eigenvalue weighted by Crippen LogP contribution is 2.27. The number of fused-ring (bicyclic) bond motifs is 1. The van der Waals surface area contributed by atoms with Crippen molar-refractivity contribution in [1.29, 1.82) is 0 Å². The predicted octanol–water partition coefficient (Wildman–Crippen LogP) is 2.28. The van der Waals surface area contributed by atoms with Gasteiger partial charge < -0.3 is 10.1 Å². The Hall–Kier alpha value is -0.380. The molecule has 1 aromatic rings. The first-order valence-corrected chi connectivity index (χ1v) is 5.58. The summed E-state index contributed by atoms with van der Waals surface area (Å²) in [6, 6.07) is 6.48. The zero-order valence-electron chi connectivity index (χ0n) is 8.22. The molecule has 0 radical (unpaired) electrons. The van der Waals surface area contributed by atoms with E-state index in [1.54, 1.807) is 7.11 Å². The fourth-order valence-electron chi connectivity index (χ4n) is 1.95. The molecule has 0 bridgehead atoms. The number of methoxy groups -OCH3 is 1. The summed E-state index contributed by atoms with van der Waals surface area (Å²) in [4.78, 5) is 0. The fourth-order valence-corrected chi connectivity index (χ4v) is 2.33. The molecule has 1 heterocycles. The van der Waals surface area contributed by atoms with Gasteiger partial charge in [0.05, 0.1) is 6.61 Å². The van der Waals surface area contributed by atoms with Crippen LogP contribution in [-0.2, 0) is 11.3 Å². The van der Waals surface area contributed by atoms with Crippen LogP contribution in [0, 0.1) is 0 Å². The minimum Gasteiger partial charge on any atom is -0.384 e. The minimum atomic E-state index is 0.487. The van der Waals surface area contributed by atoms with Gasteiger partial charge in [0.25, 0.3) is 0 Å². The van der Waals surface area contributed by atoms with Crippen molar-refractivity contribution in [2.75, 3.05) is 20.3 Å². The van der Waals surface area contributed by atoms with Gasteiger partial charge in [-0.1, -0.05) is 22.0 Å². The summed E-state index contributed by atoms with van der Waals surface area (Å²) in [5, 5.41) is 3.40. The number of hydrogen-bond donors (Lipinski definition) is 1. The van der Waals surface area contributed by atoms with Crippen molar-refractivity contribution in [3.8, 4) is 0 Å². The van der Waals surface area contributed by atoms with Crippen LogP contribution in [0.4, 0.5) is 0 Å². The Balaban J connectivity index is 2.32. The van der Waals surface area contributed by atoms with Crippen LogP contribution in [0.5, 0.6) is 0 Å². The summed E-state index contributed by atoms with van der Waals surface area (Å²) in [5.74, 6) is 0.487. The van der Waals surface area contributed by atoms with E-state index >= 15 is 0 Å². The Morgan fingerprint density at radius 1 is 1.57 bits per heavy atom. The second kappa shape index (κ2) is 4.43. The monoisotopic (exact) mass is 255 g/mol. The van der Waals surface area contributed by atoms with Crippen LogP contribution in [0.25, 0.3) is 0 Å². The molecule has 0 saturated heterocycles. The highest BCUT2D eigenvalue weighted by Gasteiger charge is 2.19. The van der Waals surface area contributed by atoms with Crippen molar-refractivity contribution in [3.05, 3.63) is 33.8 Å². The summed E-state index contributed by atoms with van der Waals surface area (Å²) in [6.07, 6.45) is 0. The smallest absolute Gasteiger partial charge is 0.0543 e. The van der Waals surface area contributed by atoms with E-state index in [4.69, 9.17) is 4.74 Å². The molecule has 0 spiro atoms. The maximum Gasteiger partial charge on any atom is 0.0543 e. The lowest BCUT2D eigenvalue weighted by Crippen LogP contribution is -2.30. The molecule has 2 nitrogen and oxygen atoms in total. The average Bonchev–Trinajstić information content (AvgIpc) is 2.19. The largest absolute Gasteiger partial charge is 0.384 e. The van der Waals surface area contributed by atoms with Crippen LogP contribution >= 0.6 is 15.9 Å². The molecule has 1 atom stereocenters. The van der Waals surface area contributed by atoms with Crippen molar-refractivity contribution >= 4 is 15.9 Å². The quantitative estimate of drug-likeness (QED) is 0.876. The molecule has 3 heteroatoms. The molecule has 2 rings (SSSR count). The van der Waals surface area contributed by atoms with Gasteiger partial charge in [0, 0.05) is 30.6 Å². The standard InChI is InChI=1S/C11H14BrNO/c1-14-7-9-6-13-5-8-2-3-10(12)4-11(8)9/h2-4,9,13H,5-7H2,1H3. The van der Waals surface area contributed by atoms with Crippen LogP contribution in [-0.4, -0.2) is 20.3 Å². The minimum absolute atomic E-state index is 0.487. The van der Waals surface area contributed by atoms with Crippen LogP contribution in [0.1, 0.15) is 17.0 Å². The van der Waals surface area contributed by atoms with Gasteiger partial charge >= 0.3 is 0 Å². The van der Waals surface area contributed by atoms with Crippen molar-refractivity contribution in [2.24, 2.45) is 0 Å². The van der Waals surface area contributed by atoms with Gasteiger partial charge in [-0.2, -0.15) is 0 Å². The third-order valence-electron chi connectivity index (χ3n) is 2.62. The molecule has 1 aliphatic rings. The third kappa shape index (κ3) is 2.00. The van der Waals surface area contributed by atoms with Crippen molar-refractivity contribution in [3.63, 3.8) is 0 Å². The predicted molar refractivity (Wildman–Crippen MR) is 60.5 cm³/mol. The topological polar surface area (TPSA) is 21.3 Å². The van der Waals surface area contributed by atoms with Crippen LogP contribution in [0.3, 0.4) is 0 Å². The maximum atomic E-state index is 5.22. The molecular formula is C11H14BrNO. The number of hydrogen-bond acceptors (Lipinski definition) is 2. The number of ether oxygens (including phenoxy) is 1. The van der Waals surface area contributed by atoms with Gasteiger partial charge in [-0.05, 0) is 23.3 Å².